The fourth-order valence-corrected chi connectivity index (χ4v) is 5.87. The van der Waals surface area contributed by atoms with Gasteiger partial charge in [-0.15, -0.1) is 0 Å². The van der Waals surface area contributed by atoms with Crippen LogP contribution in [0.1, 0.15) is 18.9 Å². The number of aryl methyl sites for hydroxylation is 1. The van der Waals surface area contributed by atoms with E-state index < -0.39 is 15.9 Å². The Morgan fingerprint density at radius 2 is 1.79 bits per heavy atom. The molecule has 1 aliphatic heterocycles. The molecule has 3 aromatic carbocycles. The zero-order valence-electron chi connectivity index (χ0n) is 18.3. The quantitative estimate of drug-likeness (QED) is 0.427. The van der Waals surface area contributed by atoms with Crippen molar-refractivity contribution in [2.45, 2.75) is 24.7 Å². The highest BCUT2D eigenvalue weighted by Crippen LogP contribution is 2.43. The van der Waals surface area contributed by atoms with Gasteiger partial charge in [-0.05, 0) is 48.4 Å². The number of nitrogens with one attached hydrogen (secondary N) is 1. The normalized spacial score (nSPS) is 13.7. The third-order valence-corrected chi connectivity index (χ3v) is 7.73. The summed E-state index contributed by atoms with van der Waals surface area (Å²) >= 11 is 3.45. The van der Waals surface area contributed by atoms with Gasteiger partial charge in [0.2, 0.25) is 5.91 Å². The summed E-state index contributed by atoms with van der Waals surface area (Å²) in [6.45, 7) is 2.39. The number of hydrogen-bond acceptors (Lipinski definition) is 4. The standard InChI is InChI=1S/C25H25BrN2O4S/c1-2-5-18-8-11-20(12-9-18)32-15-14-27-25(29)17-28-23-13-10-19(26)16-22(23)21-6-3-4-7-24(21)33(28,30)31/h3-4,6-13,16H,2,5,14-15,17H2,1H3,(H,27,29). The predicted octanol–water partition coefficient (Wildman–Crippen LogP) is 4.77. The van der Waals surface area contributed by atoms with Gasteiger partial charge in [-0.3, -0.25) is 9.10 Å². The highest BCUT2D eigenvalue weighted by atomic mass is 79.9. The maximum atomic E-state index is 13.3. The molecule has 8 heteroatoms. The molecule has 6 nitrogen and oxygen atoms in total. The molecular formula is C25H25BrN2O4S. The highest BCUT2D eigenvalue weighted by molar-refractivity contribution is 9.10. The first-order chi connectivity index (χ1) is 15.9. The minimum absolute atomic E-state index is 0.193. The molecule has 172 valence electrons. The fourth-order valence-electron chi connectivity index (χ4n) is 3.86. The highest BCUT2D eigenvalue weighted by Gasteiger charge is 2.35. The van der Waals surface area contributed by atoms with Gasteiger partial charge in [0.05, 0.1) is 17.1 Å². The lowest BCUT2D eigenvalue weighted by Gasteiger charge is -2.31. The number of amides is 1. The van der Waals surface area contributed by atoms with Crippen LogP contribution in [-0.4, -0.2) is 34.0 Å². The summed E-state index contributed by atoms with van der Waals surface area (Å²) < 4.78 is 34.3. The second kappa shape index (κ2) is 9.97. The molecule has 0 unspecified atom stereocenters. The van der Waals surface area contributed by atoms with Crippen molar-refractivity contribution < 1.29 is 17.9 Å². The third kappa shape index (κ3) is 5.07. The molecule has 0 fully saturated rings. The minimum atomic E-state index is -3.86. The molecule has 0 aliphatic carbocycles. The molecule has 0 aromatic heterocycles. The number of nitrogens with zero attached hydrogens (tertiary/aromatic N) is 1. The maximum Gasteiger partial charge on any atom is 0.265 e. The number of carbonyl (C=O) groups is 1. The van der Waals surface area contributed by atoms with E-state index in [4.69, 9.17) is 4.74 Å². The molecule has 0 bridgehead atoms. The van der Waals surface area contributed by atoms with Crippen molar-refractivity contribution >= 4 is 37.5 Å². The first-order valence-corrected chi connectivity index (χ1v) is 13.0. The third-order valence-electron chi connectivity index (χ3n) is 5.41. The van der Waals surface area contributed by atoms with E-state index >= 15 is 0 Å². The van der Waals surface area contributed by atoms with Crippen molar-refractivity contribution in [1.29, 1.82) is 0 Å². The van der Waals surface area contributed by atoms with E-state index in [0.29, 0.717) is 11.3 Å². The monoisotopic (exact) mass is 528 g/mol. The summed E-state index contributed by atoms with van der Waals surface area (Å²) in [5, 5.41) is 2.76. The summed E-state index contributed by atoms with van der Waals surface area (Å²) in [5.41, 5.74) is 3.13. The predicted molar refractivity (Wildman–Crippen MR) is 133 cm³/mol. The van der Waals surface area contributed by atoms with E-state index in [9.17, 15) is 13.2 Å². The van der Waals surface area contributed by atoms with Gasteiger partial charge in [-0.2, -0.15) is 0 Å². The molecule has 0 radical (unpaired) electrons. The van der Waals surface area contributed by atoms with Crippen LogP contribution in [0.2, 0.25) is 0 Å². The van der Waals surface area contributed by atoms with Crippen LogP contribution < -0.4 is 14.4 Å². The van der Waals surface area contributed by atoms with Crippen LogP contribution in [-0.2, 0) is 21.2 Å². The van der Waals surface area contributed by atoms with Gasteiger partial charge in [0, 0.05) is 15.6 Å². The second-order valence-electron chi connectivity index (χ2n) is 7.76. The molecule has 4 rings (SSSR count). The Balaban J connectivity index is 1.41. The zero-order valence-corrected chi connectivity index (χ0v) is 20.7. The van der Waals surface area contributed by atoms with Crippen LogP contribution in [0.4, 0.5) is 5.69 Å². The molecule has 1 aliphatic rings. The Morgan fingerprint density at radius 1 is 1.03 bits per heavy atom. The average Bonchev–Trinajstić information content (AvgIpc) is 2.81. The molecule has 3 aromatic rings. The lowest BCUT2D eigenvalue weighted by molar-refractivity contribution is -0.119. The Bertz CT molecular complexity index is 1260. The number of fused-ring (bicyclic) bond motifs is 3. The summed E-state index contributed by atoms with van der Waals surface area (Å²) in [5.74, 6) is 0.340. The van der Waals surface area contributed by atoms with E-state index in [0.717, 1.165) is 28.6 Å². The SMILES string of the molecule is CCCc1ccc(OCCNC(=O)CN2c3ccc(Br)cc3-c3ccccc3S2(=O)=O)cc1. The number of ether oxygens (including phenoxy) is 1. The number of carbonyl (C=O) groups excluding carboxylic acids is 1. The van der Waals surface area contributed by atoms with Crippen molar-refractivity contribution in [3.8, 4) is 16.9 Å². The smallest absolute Gasteiger partial charge is 0.265 e. The first-order valence-electron chi connectivity index (χ1n) is 10.8. The van der Waals surface area contributed by atoms with Crippen molar-refractivity contribution in [2.24, 2.45) is 0 Å². The van der Waals surface area contributed by atoms with Crippen LogP contribution in [0, 0.1) is 0 Å². The van der Waals surface area contributed by atoms with Crippen molar-refractivity contribution in [3.05, 3.63) is 76.8 Å². The van der Waals surface area contributed by atoms with Crippen LogP contribution in [0.5, 0.6) is 5.75 Å². The summed E-state index contributed by atoms with van der Waals surface area (Å²) in [7, 11) is -3.86. The second-order valence-corrected chi connectivity index (χ2v) is 10.5. The van der Waals surface area contributed by atoms with Crippen molar-refractivity contribution in [2.75, 3.05) is 24.0 Å². The molecule has 0 saturated heterocycles. The maximum absolute atomic E-state index is 13.3. The van der Waals surface area contributed by atoms with E-state index in [1.807, 2.05) is 30.3 Å². The largest absolute Gasteiger partial charge is 0.492 e. The molecule has 0 saturated carbocycles. The van der Waals surface area contributed by atoms with Crippen molar-refractivity contribution in [1.82, 2.24) is 5.32 Å². The lowest BCUT2D eigenvalue weighted by atomic mass is 10.0. The summed E-state index contributed by atoms with van der Waals surface area (Å²) in [6.07, 6.45) is 2.12. The number of sulfonamides is 1. The Hall–Kier alpha value is -2.84. The number of benzene rings is 3. The molecule has 33 heavy (non-hydrogen) atoms. The lowest BCUT2D eigenvalue weighted by Crippen LogP contribution is -2.43. The molecule has 1 amide bonds. The number of rotatable bonds is 8. The number of hydrogen-bond donors (Lipinski definition) is 1. The van der Waals surface area contributed by atoms with Gasteiger partial charge >= 0.3 is 0 Å². The Kier molecular flexibility index (Phi) is 7.05. The number of halogens is 1. The number of anilines is 1. The Morgan fingerprint density at radius 3 is 2.55 bits per heavy atom. The van der Waals surface area contributed by atoms with Crippen LogP contribution in [0.15, 0.2) is 76.1 Å². The van der Waals surface area contributed by atoms with Gasteiger partial charge in [0.1, 0.15) is 18.9 Å². The van der Waals surface area contributed by atoms with Gasteiger partial charge in [-0.25, -0.2) is 8.42 Å². The van der Waals surface area contributed by atoms with E-state index in [2.05, 4.69) is 28.2 Å². The topological polar surface area (TPSA) is 75.7 Å². The fraction of sp³-hybridized carbons (Fsp3) is 0.240. The summed E-state index contributed by atoms with van der Waals surface area (Å²) in [4.78, 5) is 12.8. The van der Waals surface area contributed by atoms with Crippen LogP contribution >= 0.6 is 15.9 Å². The zero-order chi connectivity index (χ0) is 23.4. The molecular weight excluding hydrogens is 504 g/mol. The van der Waals surface area contributed by atoms with E-state index in [-0.39, 0.29) is 24.6 Å². The molecule has 1 N–H and O–H groups in total. The van der Waals surface area contributed by atoms with E-state index in [1.165, 1.54) is 9.87 Å². The van der Waals surface area contributed by atoms with Gasteiger partial charge in [0.25, 0.3) is 10.0 Å². The Labute approximate surface area is 202 Å². The average molecular weight is 529 g/mol. The van der Waals surface area contributed by atoms with Gasteiger partial charge in [0.15, 0.2) is 0 Å². The molecule has 0 spiro atoms. The first kappa shape index (κ1) is 23.3. The van der Waals surface area contributed by atoms with Gasteiger partial charge < -0.3 is 10.1 Å². The summed E-state index contributed by atoms with van der Waals surface area (Å²) in [6, 6.07) is 20.1. The van der Waals surface area contributed by atoms with E-state index in [1.54, 1.807) is 36.4 Å². The van der Waals surface area contributed by atoms with Gasteiger partial charge in [-0.1, -0.05) is 59.6 Å². The van der Waals surface area contributed by atoms with Crippen LogP contribution in [0.3, 0.4) is 0 Å². The molecule has 1 heterocycles. The van der Waals surface area contributed by atoms with Crippen molar-refractivity contribution in [3.63, 3.8) is 0 Å². The van der Waals surface area contributed by atoms with Crippen LogP contribution in [0.25, 0.3) is 11.1 Å². The minimum Gasteiger partial charge on any atom is -0.492 e. The molecule has 0 atom stereocenters.